The Bertz CT molecular complexity index is 864. The van der Waals surface area contributed by atoms with E-state index in [4.69, 9.17) is 24.2 Å². The largest absolute Gasteiger partial charge is 0.497 e. The van der Waals surface area contributed by atoms with E-state index in [2.05, 4.69) is 15.4 Å². The molecule has 0 atom stereocenters. The van der Waals surface area contributed by atoms with Crippen LogP contribution in [0.3, 0.4) is 0 Å². The van der Waals surface area contributed by atoms with E-state index >= 15 is 0 Å². The summed E-state index contributed by atoms with van der Waals surface area (Å²) in [7, 11) is 3.25. The van der Waals surface area contributed by atoms with E-state index in [1.165, 1.54) is 5.56 Å². The number of ether oxygens (including phenoxy) is 3. The van der Waals surface area contributed by atoms with Gasteiger partial charge in [-0.1, -0.05) is 0 Å². The highest BCUT2D eigenvalue weighted by Crippen LogP contribution is 2.32. The molecule has 1 aromatic heterocycles. The predicted molar refractivity (Wildman–Crippen MR) is 116 cm³/mol. The number of thioether (sulfide) groups is 1. The number of hydrogen-bond donors (Lipinski definition) is 1. The van der Waals surface area contributed by atoms with Crippen molar-refractivity contribution >= 4 is 29.7 Å². The summed E-state index contributed by atoms with van der Waals surface area (Å²) in [6.07, 6.45) is 2.66. The van der Waals surface area contributed by atoms with Crippen LogP contribution in [0.1, 0.15) is 16.8 Å². The molecule has 1 fully saturated rings. The van der Waals surface area contributed by atoms with Gasteiger partial charge in [-0.15, -0.1) is 0 Å². The van der Waals surface area contributed by atoms with Crippen LogP contribution >= 0.6 is 11.8 Å². The van der Waals surface area contributed by atoms with Gasteiger partial charge in [0.1, 0.15) is 17.3 Å². The van der Waals surface area contributed by atoms with E-state index in [1.807, 2.05) is 30.0 Å². The number of methoxy groups -OCH3 is 2. The van der Waals surface area contributed by atoms with Gasteiger partial charge in [0.2, 0.25) is 5.95 Å². The summed E-state index contributed by atoms with van der Waals surface area (Å²) in [6, 6.07) is 5.60. The van der Waals surface area contributed by atoms with Crippen molar-refractivity contribution in [2.75, 3.05) is 56.6 Å². The van der Waals surface area contributed by atoms with Gasteiger partial charge in [-0.3, -0.25) is 0 Å². The summed E-state index contributed by atoms with van der Waals surface area (Å²) in [6.45, 7) is 3.15. The number of nitrogens with one attached hydrogen (secondary N) is 1. The van der Waals surface area contributed by atoms with Crippen LogP contribution in [0.5, 0.6) is 11.5 Å². The van der Waals surface area contributed by atoms with Crippen molar-refractivity contribution < 1.29 is 14.2 Å². The number of hydrogen-bond acceptors (Lipinski definition) is 9. The molecule has 2 aliphatic rings. The molecule has 0 saturated carbocycles. The summed E-state index contributed by atoms with van der Waals surface area (Å²) in [5.41, 5.74) is 6.21. The summed E-state index contributed by atoms with van der Waals surface area (Å²) in [5, 5.41) is 4.34. The van der Waals surface area contributed by atoms with Crippen molar-refractivity contribution in [2.24, 2.45) is 5.10 Å². The summed E-state index contributed by atoms with van der Waals surface area (Å²) >= 11 is 1.93. The van der Waals surface area contributed by atoms with Crippen LogP contribution in [0.15, 0.2) is 23.3 Å². The van der Waals surface area contributed by atoms with Gasteiger partial charge in [-0.05, 0) is 24.3 Å². The third kappa shape index (κ3) is 4.73. The lowest BCUT2D eigenvalue weighted by Crippen LogP contribution is -2.38. The van der Waals surface area contributed by atoms with Crippen molar-refractivity contribution in [1.82, 2.24) is 9.97 Å². The van der Waals surface area contributed by atoms with Gasteiger partial charge in [0.05, 0.1) is 39.3 Å². The minimum atomic E-state index is 0.517. The molecule has 29 heavy (non-hydrogen) atoms. The normalized spacial score (nSPS) is 16.6. The quantitative estimate of drug-likeness (QED) is 0.570. The van der Waals surface area contributed by atoms with Crippen molar-refractivity contribution in [2.45, 2.75) is 12.2 Å². The monoisotopic (exact) mass is 415 g/mol. The molecule has 0 amide bonds. The maximum atomic E-state index is 5.50. The fraction of sp³-hybridized carbons (Fsp3) is 0.450. The smallest absolute Gasteiger partial charge is 0.245 e. The van der Waals surface area contributed by atoms with Crippen LogP contribution in [-0.4, -0.2) is 62.5 Å². The lowest BCUT2D eigenvalue weighted by Gasteiger charge is -2.31. The molecule has 0 radical (unpaired) electrons. The Balaban J connectivity index is 1.56. The van der Waals surface area contributed by atoms with Crippen LogP contribution < -0.4 is 19.8 Å². The van der Waals surface area contributed by atoms with Crippen LogP contribution in [0.25, 0.3) is 0 Å². The first-order valence-electron chi connectivity index (χ1n) is 9.59. The Morgan fingerprint density at radius 3 is 2.62 bits per heavy atom. The van der Waals surface area contributed by atoms with E-state index in [0.29, 0.717) is 17.4 Å². The molecule has 0 aliphatic carbocycles. The van der Waals surface area contributed by atoms with E-state index in [1.54, 1.807) is 20.4 Å². The van der Waals surface area contributed by atoms with Crippen molar-refractivity contribution in [3.63, 3.8) is 0 Å². The fourth-order valence-corrected chi connectivity index (χ4v) is 4.35. The Labute approximate surface area is 174 Å². The highest BCUT2D eigenvalue weighted by Gasteiger charge is 2.23. The molecule has 9 heteroatoms. The lowest BCUT2D eigenvalue weighted by atomic mass is 10.1. The number of rotatable bonds is 6. The zero-order chi connectivity index (χ0) is 20.1. The second-order valence-corrected chi connectivity index (χ2v) is 7.82. The molecule has 1 saturated heterocycles. The molecule has 1 aromatic carbocycles. The molecule has 1 N–H and O–H groups in total. The van der Waals surface area contributed by atoms with E-state index in [9.17, 15) is 0 Å². The number of nitrogens with zero attached hydrogens (tertiary/aromatic N) is 4. The van der Waals surface area contributed by atoms with Gasteiger partial charge in [0, 0.05) is 36.0 Å². The first-order valence-corrected chi connectivity index (χ1v) is 10.7. The van der Waals surface area contributed by atoms with Gasteiger partial charge < -0.3 is 19.1 Å². The average Bonchev–Trinajstić information content (AvgIpc) is 2.79. The Kier molecular flexibility index (Phi) is 6.36. The molecule has 2 aliphatic heterocycles. The van der Waals surface area contributed by atoms with E-state index < -0.39 is 0 Å². The van der Waals surface area contributed by atoms with Gasteiger partial charge in [0.15, 0.2) is 0 Å². The predicted octanol–water partition coefficient (Wildman–Crippen LogP) is 2.57. The lowest BCUT2D eigenvalue weighted by molar-refractivity contribution is 0.122. The zero-order valence-electron chi connectivity index (χ0n) is 16.7. The first kappa shape index (κ1) is 19.8. The molecule has 8 nitrogen and oxygen atoms in total. The second-order valence-electron chi connectivity index (χ2n) is 6.71. The highest BCUT2D eigenvalue weighted by atomic mass is 32.2. The van der Waals surface area contributed by atoms with Crippen molar-refractivity contribution in [3.05, 3.63) is 35.0 Å². The molecule has 2 aromatic rings. The van der Waals surface area contributed by atoms with E-state index in [-0.39, 0.29) is 0 Å². The van der Waals surface area contributed by atoms with Gasteiger partial charge in [-0.2, -0.15) is 21.8 Å². The van der Waals surface area contributed by atoms with Gasteiger partial charge >= 0.3 is 0 Å². The van der Waals surface area contributed by atoms with Crippen LogP contribution in [-0.2, 0) is 16.9 Å². The number of benzene rings is 1. The fourth-order valence-electron chi connectivity index (χ4n) is 3.37. The molecular formula is C20H25N5O3S. The first-order chi connectivity index (χ1) is 14.3. The number of morpholine rings is 1. The summed E-state index contributed by atoms with van der Waals surface area (Å²) in [5.74, 6) is 4.98. The molecule has 0 bridgehead atoms. The molecule has 4 rings (SSSR count). The topological polar surface area (TPSA) is 81.1 Å². The second kappa shape index (κ2) is 9.32. The summed E-state index contributed by atoms with van der Waals surface area (Å²) < 4.78 is 16.1. The Morgan fingerprint density at radius 1 is 1.14 bits per heavy atom. The number of anilines is 2. The molecule has 154 valence electrons. The Morgan fingerprint density at radius 2 is 1.90 bits per heavy atom. The zero-order valence-corrected chi connectivity index (χ0v) is 17.5. The highest BCUT2D eigenvalue weighted by molar-refractivity contribution is 7.98. The van der Waals surface area contributed by atoms with Gasteiger partial charge in [0.25, 0.3) is 0 Å². The Hall–Kier alpha value is -2.52. The molecule has 3 heterocycles. The molecular weight excluding hydrogens is 390 g/mol. The molecule has 0 spiro atoms. The average molecular weight is 416 g/mol. The molecule has 0 unspecified atom stereocenters. The minimum Gasteiger partial charge on any atom is -0.497 e. The van der Waals surface area contributed by atoms with Crippen LogP contribution in [0.4, 0.5) is 11.8 Å². The number of fused-ring (bicyclic) bond motifs is 1. The number of aromatic nitrogens is 2. The van der Waals surface area contributed by atoms with E-state index in [0.717, 1.165) is 61.3 Å². The van der Waals surface area contributed by atoms with Crippen LogP contribution in [0.2, 0.25) is 0 Å². The van der Waals surface area contributed by atoms with Gasteiger partial charge in [-0.25, -0.2) is 10.4 Å². The number of aryl methyl sites for hydroxylation is 1. The third-order valence-corrected chi connectivity index (χ3v) is 5.85. The van der Waals surface area contributed by atoms with Crippen molar-refractivity contribution in [1.29, 1.82) is 0 Å². The SMILES string of the molecule is COc1cc(/C=N/Nc2nc3c(c(N4CCOCC4)n2)CSCC3)cc(OC)c1. The maximum Gasteiger partial charge on any atom is 0.245 e. The van der Waals surface area contributed by atoms with Crippen LogP contribution in [0, 0.1) is 0 Å². The van der Waals surface area contributed by atoms with Crippen molar-refractivity contribution in [3.8, 4) is 11.5 Å². The summed E-state index contributed by atoms with van der Waals surface area (Å²) in [4.78, 5) is 11.8. The number of hydrazone groups is 1. The standard InChI is InChI=1S/C20H25N5O3S/c1-26-15-9-14(10-16(11-15)27-2)12-21-24-20-22-18-3-8-29-13-17(18)19(23-20)25-4-6-28-7-5-25/h9-12H,3-8,13H2,1-2H3,(H,22,23,24)/b21-12+. The minimum absolute atomic E-state index is 0.517. The maximum absolute atomic E-state index is 5.50. The third-order valence-electron chi connectivity index (χ3n) is 4.86.